The van der Waals surface area contributed by atoms with Gasteiger partial charge in [-0.25, -0.2) is 4.98 Å². The van der Waals surface area contributed by atoms with Crippen LogP contribution in [0.15, 0.2) is 30.5 Å². The molecule has 1 aliphatic carbocycles. The van der Waals surface area contributed by atoms with Gasteiger partial charge in [0.1, 0.15) is 0 Å². The molecule has 74 valence electrons. The normalized spacial score (nSPS) is 15.7. The third-order valence-electron chi connectivity index (χ3n) is 2.26. The fourth-order valence-corrected chi connectivity index (χ4v) is 1.50. The molecule has 0 fully saturated rings. The molecule has 0 bridgehead atoms. The molecule has 0 saturated heterocycles. The summed E-state index contributed by atoms with van der Waals surface area (Å²) in [6, 6.07) is 0. The Morgan fingerprint density at radius 2 is 2.43 bits per heavy atom. The van der Waals surface area contributed by atoms with Crippen molar-refractivity contribution in [1.29, 1.82) is 0 Å². The Labute approximate surface area is 82.6 Å². The van der Waals surface area contributed by atoms with Crippen LogP contribution in [-0.2, 0) is 11.3 Å². The molecule has 2 rings (SSSR count). The van der Waals surface area contributed by atoms with E-state index in [-0.39, 0.29) is 5.78 Å². The Hall–Kier alpha value is -1.58. The molecule has 1 N–H and O–H groups in total. The van der Waals surface area contributed by atoms with Crippen molar-refractivity contribution in [3.8, 4) is 0 Å². The van der Waals surface area contributed by atoms with E-state index in [2.05, 4.69) is 10.3 Å². The first kappa shape index (κ1) is 8.99. The van der Waals surface area contributed by atoms with Crippen molar-refractivity contribution in [2.75, 3.05) is 6.54 Å². The average molecular weight is 191 g/mol. The maximum Gasteiger partial charge on any atom is 0.157 e. The number of aromatic nitrogens is 2. The molecule has 4 nitrogen and oxygen atoms in total. The Bertz CT molecular complexity index is 340. The number of hydrogen-bond donors (Lipinski definition) is 1. The molecule has 1 aliphatic rings. The van der Waals surface area contributed by atoms with Gasteiger partial charge in [-0.15, -0.1) is 0 Å². The Morgan fingerprint density at radius 1 is 1.50 bits per heavy atom. The summed E-state index contributed by atoms with van der Waals surface area (Å²) in [6.07, 6.45) is 8.70. The van der Waals surface area contributed by atoms with E-state index >= 15 is 0 Å². The third-order valence-corrected chi connectivity index (χ3v) is 2.26. The molecule has 0 radical (unpaired) electrons. The van der Waals surface area contributed by atoms with Crippen LogP contribution in [0.4, 0.5) is 0 Å². The van der Waals surface area contributed by atoms with Gasteiger partial charge in [0, 0.05) is 43.7 Å². The van der Waals surface area contributed by atoms with Crippen LogP contribution in [0.3, 0.4) is 0 Å². The number of carbonyl (C=O) groups excluding carboxylic acids is 1. The van der Waals surface area contributed by atoms with E-state index in [1.54, 1.807) is 18.6 Å². The van der Waals surface area contributed by atoms with E-state index in [0.717, 1.165) is 25.2 Å². The van der Waals surface area contributed by atoms with Crippen molar-refractivity contribution in [3.63, 3.8) is 0 Å². The largest absolute Gasteiger partial charge is 0.386 e. The molecule has 0 amide bonds. The first-order chi connectivity index (χ1) is 6.84. The van der Waals surface area contributed by atoms with Gasteiger partial charge in [-0.3, -0.25) is 4.79 Å². The average Bonchev–Trinajstić information content (AvgIpc) is 2.77. The first-order valence-corrected chi connectivity index (χ1v) is 4.77. The number of nitrogens with zero attached hydrogens (tertiary/aromatic N) is 2. The van der Waals surface area contributed by atoms with Crippen molar-refractivity contribution in [2.24, 2.45) is 0 Å². The van der Waals surface area contributed by atoms with Crippen LogP contribution >= 0.6 is 0 Å². The van der Waals surface area contributed by atoms with Crippen molar-refractivity contribution in [2.45, 2.75) is 19.4 Å². The minimum atomic E-state index is 0.232. The summed E-state index contributed by atoms with van der Waals surface area (Å²) in [6.45, 7) is 1.72. The summed E-state index contributed by atoms with van der Waals surface area (Å²) >= 11 is 0. The van der Waals surface area contributed by atoms with E-state index in [9.17, 15) is 4.79 Å². The summed E-state index contributed by atoms with van der Waals surface area (Å²) < 4.78 is 2.00. The molecule has 4 heteroatoms. The van der Waals surface area contributed by atoms with Gasteiger partial charge in [-0.2, -0.15) is 0 Å². The number of imidazole rings is 1. The highest BCUT2D eigenvalue weighted by atomic mass is 16.1. The molecule has 0 aliphatic heterocycles. The highest BCUT2D eigenvalue weighted by Gasteiger charge is 2.10. The minimum absolute atomic E-state index is 0.232. The second-order valence-electron chi connectivity index (χ2n) is 3.36. The fraction of sp³-hybridized carbons (Fsp3) is 0.400. The monoisotopic (exact) mass is 191 g/mol. The van der Waals surface area contributed by atoms with Crippen LogP contribution in [0.25, 0.3) is 0 Å². The highest BCUT2D eigenvalue weighted by molar-refractivity contribution is 5.92. The molecule has 0 aromatic carbocycles. The summed E-state index contributed by atoms with van der Waals surface area (Å²) in [5.41, 5.74) is 1.06. The molecule has 1 aromatic rings. The molecular weight excluding hydrogens is 178 g/mol. The quantitative estimate of drug-likeness (QED) is 0.762. The lowest BCUT2D eigenvalue weighted by Gasteiger charge is -2.06. The van der Waals surface area contributed by atoms with Gasteiger partial charge >= 0.3 is 0 Å². The summed E-state index contributed by atoms with van der Waals surface area (Å²) in [5, 5.41) is 3.24. The molecular formula is C10H13N3O. The number of hydrogen-bond acceptors (Lipinski definition) is 3. The van der Waals surface area contributed by atoms with Gasteiger partial charge in [0.15, 0.2) is 5.78 Å². The van der Waals surface area contributed by atoms with E-state index in [0.29, 0.717) is 6.42 Å². The molecule has 0 saturated carbocycles. The van der Waals surface area contributed by atoms with Gasteiger partial charge in [0.05, 0.1) is 6.33 Å². The van der Waals surface area contributed by atoms with Crippen LogP contribution in [0.2, 0.25) is 0 Å². The predicted molar refractivity (Wildman–Crippen MR) is 52.6 cm³/mol. The van der Waals surface area contributed by atoms with Crippen molar-refractivity contribution < 1.29 is 4.79 Å². The fourth-order valence-electron chi connectivity index (χ4n) is 1.50. The second kappa shape index (κ2) is 4.09. The van der Waals surface area contributed by atoms with E-state index in [4.69, 9.17) is 0 Å². The van der Waals surface area contributed by atoms with Crippen molar-refractivity contribution >= 4 is 5.78 Å². The van der Waals surface area contributed by atoms with Crippen LogP contribution in [0.5, 0.6) is 0 Å². The van der Waals surface area contributed by atoms with Gasteiger partial charge in [0.25, 0.3) is 0 Å². The first-order valence-electron chi connectivity index (χ1n) is 4.77. The molecule has 0 atom stereocenters. The Kier molecular flexibility index (Phi) is 2.62. The lowest BCUT2D eigenvalue weighted by atomic mass is 10.3. The van der Waals surface area contributed by atoms with E-state index in [1.165, 1.54) is 0 Å². The molecule has 1 heterocycles. The van der Waals surface area contributed by atoms with Gasteiger partial charge < -0.3 is 9.88 Å². The lowest BCUT2D eigenvalue weighted by molar-refractivity contribution is -0.114. The maximum atomic E-state index is 10.9. The molecule has 1 aromatic heterocycles. The van der Waals surface area contributed by atoms with Gasteiger partial charge in [-0.05, 0) is 6.42 Å². The van der Waals surface area contributed by atoms with Crippen LogP contribution in [-0.4, -0.2) is 21.9 Å². The summed E-state index contributed by atoms with van der Waals surface area (Å²) in [7, 11) is 0. The zero-order chi connectivity index (χ0) is 9.80. The van der Waals surface area contributed by atoms with Crippen molar-refractivity contribution in [1.82, 2.24) is 14.9 Å². The number of ketones is 1. The lowest BCUT2D eigenvalue weighted by Crippen LogP contribution is -2.17. The number of allylic oxidation sites excluding steroid dienone is 2. The zero-order valence-corrected chi connectivity index (χ0v) is 7.94. The van der Waals surface area contributed by atoms with E-state index < -0.39 is 0 Å². The van der Waals surface area contributed by atoms with Gasteiger partial charge in [0.2, 0.25) is 0 Å². The van der Waals surface area contributed by atoms with Crippen LogP contribution in [0.1, 0.15) is 12.8 Å². The standard InChI is InChI=1S/C10H13N3O/c14-10-2-1-9(7-10)12-4-6-13-5-3-11-8-13/h3,5,7-8,12H,1-2,4,6H2. The SMILES string of the molecule is O=C1C=C(NCCn2ccnc2)CC1. The number of nitrogens with one attached hydrogen (secondary N) is 1. The Balaban J connectivity index is 1.73. The zero-order valence-electron chi connectivity index (χ0n) is 7.94. The van der Waals surface area contributed by atoms with Crippen molar-refractivity contribution in [3.05, 3.63) is 30.5 Å². The third kappa shape index (κ3) is 2.22. The van der Waals surface area contributed by atoms with Crippen LogP contribution in [0, 0.1) is 0 Å². The highest BCUT2D eigenvalue weighted by Crippen LogP contribution is 2.11. The Morgan fingerprint density at radius 3 is 3.07 bits per heavy atom. The molecule has 14 heavy (non-hydrogen) atoms. The predicted octanol–water partition coefficient (Wildman–Crippen LogP) is 0.719. The summed E-state index contributed by atoms with van der Waals surface area (Å²) in [5.74, 6) is 0.232. The second-order valence-corrected chi connectivity index (χ2v) is 3.36. The summed E-state index contributed by atoms with van der Waals surface area (Å²) in [4.78, 5) is 14.9. The topological polar surface area (TPSA) is 46.9 Å². The molecule has 0 spiro atoms. The maximum absolute atomic E-state index is 10.9. The minimum Gasteiger partial charge on any atom is -0.386 e. The van der Waals surface area contributed by atoms with Gasteiger partial charge in [-0.1, -0.05) is 0 Å². The van der Waals surface area contributed by atoms with E-state index in [1.807, 2.05) is 10.8 Å². The molecule has 0 unspecified atom stereocenters. The number of rotatable bonds is 4. The van der Waals surface area contributed by atoms with Crippen LogP contribution < -0.4 is 5.32 Å². The number of carbonyl (C=O) groups is 1. The smallest absolute Gasteiger partial charge is 0.157 e.